The number of hydrogen-bond acceptors (Lipinski definition) is 1. The first-order valence-corrected chi connectivity index (χ1v) is 2.60. The van der Waals surface area contributed by atoms with Crippen LogP contribution in [0.15, 0.2) is 0 Å². The molecule has 0 spiro atoms. The fourth-order valence-corrected chi connectivity index (χ4v) is 0.133. The van der Waals surface area contributed by atoms with Gasteiger partial charge in [0.05, 0.1) is 0 Å². The van der Waals surface area contributed by atoms with E-state index in [1.807, 2.05) is 0 Å². The molecule has 0 radical (unpaired) electrons. The predicted molar refractivity (Wildman–Crippen MR) is 30.3 cm³/mol. The van der Waals surface area contributed by atoms with Gasteiger partial charge in [0.25, 0.3) is 0 Å². The number of rotatable bonds is 1. The van der Waals surface area contributed by atoms with Gasteiger partial charge in [-0.1, -0.05) is 0 Å². The molecule has 1 nitrogen and oxygen atoms in total. The standard InChI is InChI=1S/C6H9F2N/c1-5(2,7)6(3,8)4-9/h1-3H3. The van der Waals surface area contributed by atoms with Gasteiger partial charge in [-0.3, -0.25) is 0 Å². The average Bonchev–Trinajstić information content (AvgIpc) is 1.64. The van der Waals surface area contributed by atoms with E-state index in [2.05, 4.69) is 0 Å². The molecule has 0 amide bonds. The van der Waals surface area contributed by atoms with Crippen molar-refractivity contribution in [3.05, 3.63) is 0 Å². The molecule has 0 aromatic carbocycles. The molecule has 0 aromatic heterocycles. The van der Waals surface area contributed by atoms with E-state index in [0.717, 1.165) is 20.8 Å². The Kier molecular flexibility index (Phi) is 1.80. The summed E-state index contributed by atoms with van der Waals surface area (Å²) in [6.45, 7) is 3.00. The van der Waals surface area contributed by atoms with Crippen LogP contribution in [0, 0.1) is 11.3 Å². The highest BCUT2D eigenvalue weighted by atomic mass is 19.2. The van der Waals surface area contributed by atoms with E-state index in [-0.39, 0.29) is 0 Å². The van der Waals surface area contributed by atoms with Crippen LogP contribution in [0.5, 0.6) is 0 Å². The molecule has 0 aliphatic carbocycles. The first-order chi connectivity index (χ1) is 3.81. The van der Waals surface area contributed by atoms with Crippen molar-refractivity contribution < 1.29 is 8.78 Å². The molecule has 0 aliphatic heterocycles. The molecule has 52 valence electrons. The molecule has 0 rings (SSSR count). The van der Waals surface area contributed by atoms with Crippen molar-refractivity contribution in [2.75, 3.05) is 0 Å². The van der Waals surface area contributed by atoms with Gasteiger partial charge < -0.3 is 0 Å². The van der Waals surface area contributed by atoms with Crippen molar-refractivity contribution in [2.45, 2.75) is 32.1 Å². The van der Waals surface area contributed by atoms with Crippen LogP contribution in [0.25, 0.3) is 0 Å². The van der Waals surface area contributed by atoms with Crippen molar-refractivity contribution in [1.82, 2.24) is 0 Å². The van der Waals surface area contributed by atoms with E-state index in [9.17, 15) is 8.78 Å². The smallest absolute Gasteiger partial charge is 0.226 e. The lowest BCUT2D eigenvalue weighted by Crippen LogP contribution is -2.38. The lowest BCUT2D eigenvalue weighted by Gasteiger charge is -2.22. The maximum atomic E-state index is 12.6. The Hall–Kier alpha value is -0.650. The summed E-state index contributed by atoms with van der Waals surface area (Å²) >= 11 is 0. The van der Waals surface area contributed by atoms with E-state index >= 15 is 0 Å². The molecule has 0 heterocycles. The Bertz CT molecular complexity index is 138. The lowest BCUT2D eigenvalue weighted by atomic mass is 9.93. The zero-order chi connectivity index (χ0) is 7.71. The van der Waals surface area contributed by atoms with Crippen molar-refractivity contribution in [3.8, 4) is 6.07 Å². The van der Waals surface area contributed by atoms with Gasteiger partial charge in [-0.2, -0.15) is 5.26 Å². The van der Waals surface area contributed by atoms with Gasteiger partial charge in [0, 0.05) is 0 Å². The Morgan fingerprint density at radius 2 is 1.56 bits per heavy atom. The summed E-state index contributed by atoms with van der Waals surface area (Å²) in [5.74, 6) is 0. The molecule has 1 unspecified atom stereocenters. The van der Waals surface area contributed by atoms with Gasteiger partial charge in [0.2, 0.25) is 5.67 Å². The van der Waals surface area contributed by atoms with E-state index in [0.29, 0.717) is 0 Å². The molecule has 0 fully saturated rings. The molecule has 0 saturated carbocycles. The van der Waals surface area contributed by atoms with Gasteiger partial charge in [-0.15, -0.1) is 0 Å². The van der Waals surface area contributed by atoms with E-state index in [1.165, 1.54) is 6.07 Å². The minimum absolute atomic E-state index is 0.924. The maximum absolute atomic E-state index is 12.6. The van der Waals surface area contributed by atoms with E-state index in [1.54, 1.807) is 0 Å². The Balaban J connectivity index is 4.39. The zero-order valence-electron chi connectivity index (χ0n) is 5.70. The van der Waals surface area contributed by atoms with E-state index in [4.69, 9.17) is 5.26 Å². The van der Waals surface area contributed by atoms with Crippen LogP contribution in [0.3, 0.4) is 0 Å². The summed E-state index contributed by atoms with van der Waals surface area (Å²) < 4.78 is 25.2. The number of hydrogen-bond donors (Lipinski definition) is 0. The molecule has 0 saturated heterocycles. The number of nitrogens with zero attached hydrogens (tertiary/aromatic N) is 1. The number of halogens is 2. The molecular weight excluding hydrogens is 124 g/mol. The molecule has 1 atom stereocenters. The van der Waals surface area contributed by atoms with E-state index < -0.39 is 11.3 Å². The molecular formula is C6H9F2N. The fraction of sp³-hybridized carbons (Fsp3) is 0.833. The van der Waals surface area contributed by atoms with Crippen molar-refractivity contribution in [2.24, 2.45) is 0 Å². The highest BCUT2D eigenvalue weighted by Gasteiger charge is 2.42. The minimum Gasteiger partial charge on any atom is -0.240 e. The first-order valence-electron chi connectivity index (χ1n) is 2.60. The highest BCUT2D eigenvalue weighted by molar-refractivity contribution is 5.07. The normalized spacial score (nSPS) is 18.2. The summed E-state index contributed by atoms with van der Waals surface area (Å²) in [6.07, 6.45) is 0. The summed E-state index contributed by atoms with van der Waals surface area (Å²) in [5, 5.41) is 8.06. The minimum atomic E-state index is -2.38. The monoisotopic (exact) mass is 133 g/mol. The van der Waals surface area contributed by atoms with Crippen molar-refractivity contribution >= 4 is 0 Å². The topological polar surface area (TPSA) is 23.8 Å². The van der Waals surface area contributed by atoms with Crippen LogP contribution in [0.4, 0.5) is 8.78 Å². The average molecular weight is 133 g/mol. The zero-order valence-corrected chi connectivity index (χ0v) is 5.70. The second kappa shape index (κ2) is 1.94. The van der Waals surface area contributed by atoms with Gasteiger partial charge in [-0.05, 0) is 20.8 Å². The Morgan fingerprint density at radius 1 is 1.22 bits per heavy atom. The van der Waals surface area contributed by atoms with Gasteiger partial charge in [0.15, 0.2) is 5.67 Å². The molecule has 0 bridgehead atoms. The second-order valence-corrected chi connectivity index (χ2v) is 2.59. The third-order valence-electron chi connectivity index (χ3n) is 1.33. The fourth-order valence-electron chi connectivity index (χ4n) is 0.133. The van der Waals surface area contributed by atoms with Crippen LogP contribution < -0.4 is 0 Å². The maximum Gasteiger partial charge on any atom is 0.226 e. The van der Waals surface area contributed by atoms with Crippen LogP contribution in [-0.2, 0) is 0 Å². The van der Waals surface area contributed by atoms with Gasteiger partial charge >= 0.3 is 0 Å². The van der Waals surface area contributed by atoms with Crippen LogP contribution in [0.2, 0.25) is 0 Å². The van der Waals surface area contributed by atoms with Crippen LogP contribution in [0.1, 0.15) is 20.8 Å². The van der Waals surface area contributed by atoms with Gasteiger partial charge in [-0.25, -0.2) is 8.78 Å². The molecule has 9 heavy (non-hydrogen) atoms. The second-order valence-electron chi connectivity index (χ2n) is 2.59. The third-order valence-corrected chi connectivity index (χ3v) is 1.33. The molecule has 3 heteroatoms. The Labute approximate surface area is 53.3 Å². The van der Waals surface area contributed by atoms with Crippen LogP contribution >= 0.6 is 0 Å². The summed E-state index contributed by atoms with van der Waals surface area (Å²) in [4.78, 5) is 0. The Morgan fingerprint density at radius 3 is 1.56 bits per heavy atom. The van der Waals surface area contributed by atoms with Gasteiger partial charge in [0.1, 0.15) is 6.07 Å². The van der Waals surface area contributed by atoms with Crippen molar-refractivity contribution in [1.29, 1.82) is 5.26 Å². The number of alkyl halides is 2. The van der Waals surface area contributed by atoms with Crippen LogP contribution in [-0.4, -0.2) is 11.3 Å². The number of nitriles is 1. The quantitative estimate of drug-likeness (QED) is 0.536. The summed E-state index contributed by atoms with van der Waals surface area (Å²) in [5.41, 5.74) is -4.46. The summed E-state index contributed by atoms with van der Waals surface area (Å²) in [7, 11) is 0. The lowest BCUT2D eigenvalue weighted by molar-refractivity contribution is 0.0440. The SMILES string of the molecule is CC(C)(F)C(C)(F)C#N. The van der Waals surface area contributed by atoms with Crippen molar-refractivity contribution in [3.63, 3.8) is 0 Å². The summed E-state index contributed by atoms with van der Waals surface area (Å²) in [6, 6.07) is 1.24. The molecule has 0 N–H and O–H groups in total. The molecule has 0 aliphatic rings. The third kappa shape index (κ3) is 1.63. The largest absolute Gasteiger partial charge is 0.240 e. The first kappa shape index (κ1) is 8.35. The molecule has 0 aromatic rings. The predicted octanol–water partition coefficient (Wildman–Crippen LogP) is 1.99. The highest BCUT2D eigenvalue weighted by Crippen LogP contribution is 2.28.